The van der Waals surface area contributed by atoms with Gasteiger partial charge in [0, 0.05) is 12.1 Å². The van der Waals surface area contributed by atoms with Gasteiger partial charge in [-0.05, 0) is 61.1 Å². The lowest BCUT2D eigenvalue weighted by atomic mass is 10.0. The highest BCUT2D eigenvalue weighted by molar-refractivity contribution is 5.36. The molecule has 0 fully saturated rings. The van der Waals surface area contributed by atoms with Crippen molar-refractivity contribution in [2.45, 2.75) is 38.8 Å². The number of hydrogen-bond donors (Lipinski definition) is 1. The van der Waals surface area contributed by atoms with Crippen LogP contribution in [0.2, 0.25) is 0 Å². The second kappa shape index (κ2) is 5.37. The molecule has 104 valence electrons. The lowest BCUT2D eigenvalue weighted by molar-refractivity contribution is 0.463. The summed E-state index contributed by atoms with van der Waals surface area (Å²) in [5.74, 6) is -0.128. The molecule has 1 aliphatic carbocycles. The van der Waals surface area contributed by atoms with Crippen LogP contribution < -0.4 is 5.32 Å². The van der Waals surface area contributed by atoms with E-state index in [0.29, 0.717) is 12.1 Å². The van der Waals surface area contributed by atoms with E-state index in [4.69, 9.17) is 0 Å². The molecule has 2 atom stereocenters. The van der Waals surface area contributed by atoms with Crippen LogP contribution >= 0.6 is 0 Å². The molecule has 0 bridgehead atoms. The average Bonchev–Trinajstić information content (AvgIpc) is 2.81. The molecule has 0 aliphatic heterocycles. The van der Waals surface area contributed by atoms with Gasteiger partial charge in [0.25, 0.3) is 0 Å². The Bertz CT molecular complexity index is 621. The molecular formula is C18H20FN. The Balaban J connectivity index is 1.79. The summed E-state index contributed by atoms with van der Waals surface area (Å²) in [6.07, 6.45) is 2.01. The molecular weight excluding hydrogens is 249 g/mol. The first-order valence-corrected chi connectivity index (χ1v) is 7.25. The molecule has 0 spiro atoms. The van der Waals surface area contributed by atoms with E-state index in [9.17, 15) is 4.39 Å². The SMILES string of the molecule is Cc1ccccc1C(C)NC1CCc2cc(F)ccc21. The van der Waals surface area contributed by atoms with Crippen molar-refractivity contribution in [3.8, 4) is 0 Å². The minimum absolute atomic E-state index is 0.128. The number of hydrogen-bond acceptors (Lipinski definition) is 1. The molecule has 0 saturated carbocycles. The quantitative estimate of drug-likeness (QED) is 0.866. The van der Waals surface area contributed by atoms with Crippen molar-refractivity contribution in [2.24, 2.45) is 0 Å². The van der Waals surface area contributed by atoms with Crippen LogP contribution in [0.1, 0.15) is 47.7 Å². The van der Waals surface area contributed by atoms with E-state index < -0.39 is 0 Å². The molecule has 0 radical (unpaired) electrons. The minimum Gasteiger partial charge on any atom is -0.303 e. The maximum absolute atomic E-state index is 13.2. The van der Waals surface area contributed by atoms with E-state index in [0.717, 1.165) is 18.4 Å². The third-order valence-corrected chi connectivity index (χ3v) is 4.29. The largest absolute Gasteiger partial charge is 0.303 e. The Morgan fingerprint density at radius 1 is 1.20 bits per heavy atom. The summed E-state index contributed by atoms with van der Waals surface area (Å²) in [6, 6.07) is 14.3. The monoisotopic (exact) mass is 269 g/mol. The first-order valence-electron chi connectivity index (χ1n) is 7.25. The maximum Gasteiger partial charge on any atom is 0.123 e. The van der Waals surface area contributed by atoms with Gasteiger partial charge in [0.15, 0.2) is 0 Å². The summed E-state index contributed by atoms with van der Waals surface area (Å²) >= 11 is 0. The van der Waals surface area contributed by atoms with Gasteiger partial charge in [0.1, 0.15) is 5.82 Å². The maximum atomic E-state index is 13.2. The summed E-state index contributed by atoms with van der Waals surface area (Å²) < 4.78 is 13.2. The van der Waals surface area contributed by atoms with E-state index in [2.05, 4.69) is 43.4 Å². The molecule has 1 nitrogen and oxygen atoms in total. The van der Waals surface area contributed by atoms with Crippen LogP contribution in [0.3, 0.4) is 0 Å². The summed E-state index contributed by atoms with van der Waals surface area (Å²) in [5, 5.41) is 3.69. The minimum atomic E-state index is -0.128. The summed E-state index contributed by atoms with van der Waals surface area (Å²) in [4.78, 5) is 0. The zero-order valence-electron chi connectivity index (χ0n) is 12.0. The van der Waals surface area contributed by atoms with Crippen LogP contribution in [0.25, 0.3) is 0 Å². The second-order valence-corrected chi connectivity index (χ2v) is 5.68. The molecule has 2 aromatic rings. The number of nitrogens with one attached hydrogen (secondary N) is 1. The first-order chi connectivity index (χ1) is 9.65. The first kappa shape index (κ1) is 13.3. The van der Waals surface area contributed by atoms with Gasteiger partial charge in [-0.15, -0.1) is 0 Å². The predicted molar refractivity (Wildman–Crippen MR) is 80.2 cm³/mol. The Morgan fingerprint density at radius 2 is 2.00 bits per heavy atom. The van der Waals surface area contributed by atoms with Gasteiger partial charge in [0.05, 0.1) is 0 Å². The van der Waals surface area contributed by atoms with Crippen LogP contribution in [0, 0.1) is 12.7 Å². The van der Waals surface area contributed by atoms with E-state index in [1.165, 1.54) is 16.7 Å². The molecule has 2 aromatic carbocycles. The van der Waals surface area contributed by atoms with Crippen LogP contribution in [0.5, 0.6) is 0 Å². The normalized spacial score (nSPS) is 18.9. The highest BCUT2D eigenvalue weighted by atomic mass is 19.1. The van der Waals surface area contributed by atoms with Crippen molar-refractivity contribution in [1.29, 1.82) is 0 Å². The van der Waals surface area contributed by atoms with Crippen molar-refractivity contribution < 1.29 is 4.39 Å². The molecule has 0 heterocycles. The van der Waals surface area contributed by atoms with Gasteiger partial charge < -0.3 is 5.32 Å². The van der Waals surface area contributed by atoms with Gasteiger partial charge in [0.2, 0.25) is 0 Å². The molecule has 0 aromatic heterocycles. The highest BCUT2D eigenvalue weighted by Gasteiger charge is 2.24. The molecule has 2 unspecified atom stereocenters. The molecule has 0 amide bonds. The molecule has 1 aliphatic rings. The molecule has 20 heavy (non-hydrogen) atoms. The number of halogens is 1. The fourth-order valence-corrected chi connectivity index (χ4v) is 3.22. The molecule has 2 heteroatoms. The van der Waals surface area contributed by atoms with Crippen LogP contribution in [0.4, 0.5) is 4.39 Å². The fourth-order valence-electron chi connectivity index (χ4n) is 3.22. The molecule has 1 N–H and O–H groups in total. The molecule has 3 rings (SSSR count). The Labute approximate surface area is 119 Å². The van der Waals surface area contributed by atoms with Gasteiger partial charge in [-0.1, -0.05) is 30.3 Å². The highest BCUT2D eigenvalue weighted by Crippen LogP contribution is 2.33. The van der Waals surface area contributed by atoms with Crippen molar-refractivity contribution in [3.63, 3.8) is 0 Å². The predicted octanol–water partition coefficient (Wildman–Crippen LogP) is 4.47. The van der Waals surface area contributed by atoms with Crippen molar-refractivity contribution in [1.82, 2.24) is 5.32 Å². The average molecular weight is 269 g/mol. The lowest BCUT2D eigenvalue weighted by Gasteiger charge is -2.22. The van der Waals surface area contributed by atoms with E-state index in [-0.39, 0.29) is 5.82 Å². The number of fused-ring (bicyclic) bond motifs is 1. The molecule has 0 saturated heterocycles. The van der Waals surface area contributed by atoms with Gasteiger partial charge >= 0.3 is 0 Å². The van der Waals surface area contributed by atoms with Gasteiger partial charge in [-0.3, -0.25) is 0 Å². The van der Waals surface area contributed by atoms with Crippen LogP contribution in [-0.2, 0) is 6.42 Å². The number of rotatable bonds is 3. The van der Waals surface area contributed by atoms with E-state index in [1.807, 2.05) is 6.07 Å². The third kappa shape index (κ3) is 2.48. The second-order valence-electron chi connectivity index (χ2n) is 5.68. The number of benzene rings is 2. The number of aryl methyl sites for hydroxylation is 2. The van der Waals surface area contributed by atoms with Crippen LogP contribution in [0.15, 0.2) is 42.5 Å². The van der Waals surface area contributed by atoms with E-state index in [1.54, 1.807) is 12.1 Å². The van der Waals surface area contributed by atoms with Crippen molar-refractivity contribution in [3.05, 3.63) is 70.5 Å². The third-order valence-electron chi connectivity index (χ3n) is 4.29. The van der Waals surface area contributed by atoms with Crippen molar-refractivity contribution in [2.75, 3.05) is 0 Å². The van der Waals surface area contributed by atoms with E-state index >= 15 is 0 Å². The van der Waals surface area contributed by atoms with Gasteiger partial charge in [-0.25, -0.2) is 4.39 Å². The Kier molecular flexibility index (Phi) is 3.58. The summed E-state index contributed by atoms with van der Waals surface area (Å²) in [7, 11) is 0. The summed E-state index contributed by atoms with van der Waals surface area (Å²) in [6.45, 7) is 4.34. The Hall–Kier alpha value is -1.67. The van der Waals surface area contributed by atoms with Crippen molar-refractivity contribution >= 4 is 0 Å². The standard InChI is InChI=1S/C18H20FN/c1-12-5-3-4-6-16(12)13(2)20-18-10-7-14-11-15(19)8-9-17(14)18/h3-6,8-9,11,13,18,20H,7,10H2,1-2H3. The smallest absolute Gasteiger partial charge is 0.123 e. The lowest BCUT2D eigenvalue weighted by Crippen LogP contribution is -2.23. The van der Waals surface area contributed by atoms with Crippen LogP contribution in [-0.4, -0.2) is 0 Å². The Morgan fingerprint density at radius 3 is 2.80 bits per heavy atom. The topological polar surface area (TPSA) is 12.0 Å². The zero-order chi connectivity index (χ0) is 14.1. The summed E-state index contributed by atoms with van der Waals surface area (Å²) in [5.41, 5.74) is 5.05. The fraction of sp³-hybridized carbons (Fsp3) is 0.333. The zero-order valence-corrected chi connectivity index (χ0v) is 12.0. The van der Waals surface area contributed by atoms with Gasteiger partial charge in [-0.2, -0.15) is 0 Å².